The number of likely N-dealkylation sites (tertiary alicyclic amines) is 1. The fraction of sp³-hybridized carbons (Fsp3) is 0.571. The predicted octanol–water partition coefficient (Wildman–Crippen LogP) is 2.75. The third-order valence-electron chi connectivity index (χ3n) is 5.93. The Kier molecular flexibility index (Phi) is 5.62. The van der Waals surface area contributed by atoms with E-state index in [1.807, 2.05) is 13.1 Å². The molecule has 0 spiro atoms. The summed E-state index contributed by atoms with van der Waals surface area (Å²) in [6, 6.07) is 1.70. The van der Waals surface area contributed by atoms with E-state index in [0.29, 0.717) is 5.92 Å². The molecule has 0 radical (unpaired) electrons. The molecule has 4 heterocycles. The maximum atomic E-state index is 12.3. The molecular formula is C21H30N6O. The third-order valence-corrected chi connectivity index (χ3v) is 5.93. The first-order valence-electron chi connectivity index (χ1n) is 10.4. The van der Waals surface area contributed by atoms with Gasteiger partial charge in [-0.3, -0.25) is 14.7 Å². The van der Waals surface area contributed by atoms with Gasteiger partial charge in [0.1, 0.15) is 0 Å². The highest BCUT2D eigenvalue weighted by Gasteiger charge is 2.25. The van der Waals surface area contributed by atoms with Gasteiger partial charge in [0, 0.05) is 56.1 Å². The van der Waals surface area contributed by atoms with Crippen LogP contribution in [0.15, 0.2) is 23.6 Å². The van der Waals surface area contributed by atoms with Crippen LogP contribution in [0.4, 0.5) is 5.95 Å². The summed E-state index contributed by atoms with van der Waals surface area (Å²) in [5, 5.41) is 4.46. The molecule has 0 bridgehead atoms. The molecule has 7 nitrogen and oxygen atoms in total. The zero-order valence-electron chi connectivity index (χ0n) is 16.7. The van der Waals surface area contributed by atoms with E-state index in [0.717, 1.165) is 62.9 Å². The number of anilines is 1. The van der Waals surface area contributed by atoms with Crippen molar-refractivity contribution in [3.63, 3.8) is 0 Å². The minimum Gasteiger partial charge on any atom is -0.342 e. The fourth-order valence-corrected chi connectivity index (χ4v) is 4.38. The molecule has 1 atom stereocenters. The van der Waals surface area contributed by atoms with Gasteiger partial charge in [-0.1, -0.05) is 6.58 Å². The zero-order chi connectivity index (χ0) is 19.5. The summed E-state index contributed by atoms with van der Waals surface area (Å²) in [6.07, 6.45) is 9.57. The van der Waals surface area contributed by atoms with Crippen LogP contribution in [0.3, 0.4) is 0 Å². The normalized spacial score (nSPS) is 21.0. The Morgan fingerprint density at radius 1 is 1.25 bits per heavy atom. The molecule has 1 unspecified atom stereocenters. The summed E-state index contributed by atoms with van der Waals surface area (Å²) in [7, 11) is 0. The van der Waals surface area contributed by atoms with Crippen LogP contribution in [-0.2, 0) is 6.54 Å². The largest absolute Gasteiger partial charge is 0.342 e. The van der Waals surface area contributed by atoms with Crippen molar-refractivity contribution in [2.75, 3.05) is 31.1 Å². The topological polar surface area (TPSA) is 70.1 Å². The second-order valence-electron chi connectivity index (χ2n) is 8.02. The molecule has 2 aromatic heterocycles. The fourth-order valence-electron chi connectivity index (χ4n) is 4.38. The quantitative estimate of drug-likeness (QED) is 0.861. The molecule has 1 N–H and O–H groups in total. The Balaban J connectivity index is 1.49. The number of nitrogens with zero attached hydrogens (tertiary/aromatic N) is 5. The van der Waals surface area contributed by atoms with Crippen LogP contribution < -0.4 is 10.5 Å². The van der Waals surface area contributed by atoms with E-state index in [2.05, 4.69) is 26.5 Å². The Morgan fingerprint density at radius 2 is 2.07 bits per heavy atom. The number of aromatic nitrogens is 4. The average molecular weight is 383 g/mol. The van der Waals surface area contributed by atoms with E-state index in [9.17, 15) is 4.79 Å². The number of aryl methyl sites for hydroxylation is 1. The summed E-state index contributed by atoms with van der Waals surface area (Å²) >= 11 is 0. The molecule has 2 aliphatic rings. The summed E-state index contributed by atoms with van der Waals surface area (Å²) in [6.45, 7) is 10.7. The molecule has 0 aliphatic carbocycles. The van der Waals surface area contributed by atoms with Crippen LogP contribution in [0, 0.1) is 6.92 Å². The number of hydrogen-bond acceptors (Lipinski definition) is 5. The van der Waals surface area contributed by atoms with Crippen molar-refractivity contribution >= 4 is 12.1 Å². The van der Waals surface area contributed by atoms with Crippen molar-refractivity contribution in [1.29, 1.82) is 0 Å². The average Bonchev–Trinajstić information content (AvgIpc) is 3.08. The lowest BCUT2D eigenvalue weighted by Crippen LogP contribution is -2.36. The van der Waals surface area contributed by atoms with Crippen molar-refractivity contribution in [1.82, 2.24) is 24.6 Å². The lowest BCUT2D eigenvalue weighted by atomic mass is 9.94. The maximum absolute atomic E-state index is 12.3. The Hall–Kier alpha value is -2.41. The monoisotopic (exact) mass is 382 g/mol. The van der Waals surface area contributed by atoms with Crippen molar-refractivity contribution in [2.24, 2.45) is 0 Å². The highest BCUT2D eigenvalue weighted by Crippen LogP contribution is 2.27. The van der Waals surface area contributed by atoms with Gasteiger partial charge in [0.25, 0.3) is 5.56 Å². The van der Waals surface area contributed by atoms with Gasteiger partial charge in [-0.15, -0.1) is 0 Å². The first kappa shape index (κ1) is 18.9. The number of rotatable bonds is 5. The molecule has 4 rings (SSSR count). The SMILES string of the molecule is C=Cn1cc(CN2CCCC(c3cc(=O)[nH]c(N4CCCCC4)n3)C2)c(C)n1. The molecule has 2 aliphatic heterocycles. The van der Waals surface area contributed by atoms with Gasteiger partial charge in [-0.25, -0.2) is 9.67 Å². The lowest BCUT2D eigenvalue weighted by molar-refractivity contribution is 0.198. The van der Waals surface area contributed by atoms with E-state index in [-0.39, 0.29) is 5.56 Å². The second kappa shape index (κ2) is 8.31. The molecule has 2 saturated heterocycles. The minimum atomic E-state index is -0.0363. The van der Waals surface area contributed by atoms with E-state index < -0.39 is 0 Å². The molecule has 0 aromatic carbocycles. The Labute approximate surface area is 166 Å². The standard InChI is InChI=1S/C21H30N6O/c1-3-27-15-18(16(2)24-27)14-25-9-7-8-17(13-25)19-12-20(28)23-21(22-19)26-10-5-4-6-11-26/h3,12,15,17H,1,4-11,13-14H2,2H3,(H,22,23,28). The first-order chi connectivity index (χ1) is 13.6. The molecule has 2 aromatic rings. The summed E-state index contributed by atoms with van der Waals surface area (Å²) in [4.78, 5) is 24.8. The van der Waals surface area contributed by atoms with Crippen molar-refractivity contribution < 1.29 is 0 Å². The van der Waals surface area contributed by atoms with Crippen LogP contribution in [-0.4, -0.2) is 50.8 Å². The molecule has 0 amide bonds. The first-order valence-corrected chi connectivity index (χ1v) is 10.4. The van der Waals surface area contributed by atoms with Crippen LogP contribution in [0.5, 0.6) is 0 Å². The minimum absolute atomic E-state index is 0.0363. The van der Waals surface area contributed by atoms with Crippen molar-refractivity contribution in [2.45, 2.75) is 51.5 Å². The van der Waals surface area contributed by atoms with Gasteiger partial charge in [-0.2, -0.15) is 5.10 Å². The van der Waals surface area contributed by atoms with E-state index in [1.54, 1.807) is 16.9 Å². The summed E-state index contributed by atoms with van der Waals surface area (Å²) < 4.78 is 1.77. The highest BCUT2D eigenvalue weighted by molar-refractivity contribution is 5.32. The number of nitrogens with one attached hydrogen (secondary N) is 1. The van der Waals surface area contributed by atoms with Gasteiger partial charge in [0.15, 0.2) is 0 Å². The van der Waals surface area contributed by atoms with Crippen LogP contribution >= 0.6 is 0 Å². The molecule has 150 valence electrons. The molecule has 0 saturated carbocycles. The zero-order valence-corrected chi connectivity index (χ0v) is 16.7. The molecule has 7 heteroatoms. The lowest BCUT2D eigenvalue weighted by Gasteiger charge is -2.33. The maximum Gasteiger partial charge on any atom is 0.252 e. The van der Waals surface area contributed by atoms with Gasteiger partial charge < -0.3 is 4.90 Å². The number of hydrogen-bond donors (Lipinski definition) is 1. The van der Waals surface area contributed by atoms with Crippen LogP contribution in [0.1, 0.15) is 55.0 Å². The number of aromatic amines is 1. The third kappa shape index (κ3) is 4.19. The summed E-state index contributed by atoms with van der Waals surface area (Å²) in [5.74, 6) is 1.05. The van der Waals surface area contributed by atoms with Gasteiger partial charge >= 0.3 is 0 Å². The molecular weight excluding hydrogens is 352 g/mol. The van der Waals surface area contributed by atoms with E-state index >= 15 is 0 Å². The summed E-state index contributed by atoms with van der Waals surface area (Å²) in [5.41, 5.74) is 3.18. The molecule has 28 heavy (non-hydrogen) atoms. The Bertz CT molecular complexity index is 879. The van der Waals surface area contributed by atoms with Gasteiger partial charge in [0.2, 0.25) is 5.95 Å². The smallest absolute Gasteiger partial charge is 0.252 e. The number of piperidine rings is 2. The Morgan fingerprint density at radius 3 is 2.82 bits per heavy atom. The van der Waals surface area contributed by atoms with Gasteiger partial charge in [-0.05, 0) is 45.6 Å². The number of H-pyrrole nitrogens is 1. The van der Waals surface area contributed by atoms with Gasteiger partial charge in [0.05, 0.1) is 11.4 Å². The van der Waals surface area contributed by atoms with Crippen LogP contribution in [0.25, 0.3) is 6.20 Å². The van der Waals surface area contributed by atoms with Crippen molar-refractivity contribution in [3.05, 3.63) is 46.1 Å². The second-order valence-corrected chi connectivity index (χ2v) is 8.02. The van der Waals surface area contributed by atoms with E-state index in [4.69, 9.17) is 4.98 Å². The van der Waals surface area contributed by atoms with E-state index in [1.165, 1.54) is 24.8 Å². The molecule has 2 fully saturated rings. The highest BCUT2D eigenvalue weighted by atomic mass is 16.1. The predicted molar refractivity (Wildman–Crippen MR) is 112 cm³/mol. The van der Waals surface area contributed by atoms with Crippen molar-refractivity contribution in [3.8, 4) is 0 Å². The van der Waals surface area contributed by atoms with Crippen LogP contribution in [0.2, 0.25) is 0 Å².